The van der Waals surface area contributed by atoms with Crippen LogP contribution in [0.1, 0.15) is 0 Å². The van der Waals surface area contributed by atoms with Crippen LogP contribution < -0.4 is 0 Å². The predicted molar refractivity (Wildman–Crippen MR) is 61.6 cm³/mol. The van der Waals surface area contributed by atoms with Crippen molar-refractivity contribution < 1.29 is 8.42 Å². The number of benzene rings is 2. The third-order valence-corrected chi connectivity index (χ3v) is 3.87. The number of sulfone groups is 1. The van der Waals surface area contributed by atoms with E-state index in [9.17, 15) is 8.42 Å². The van der Waals surface area contributed by atoms with E-state index < -0.39 is 15.6 Å². The van der Waals surface area contributed by atoms with Crippen LogP contribution in [0.4, 0.5) is 0 Å². The van der Waals surface area contributed by atoms with Gasteiger partial charge in [0.2, 0.25) is 0 Å². The van der Waals surface area contributed by atoms with Crippen molar-refractivity contribution in [3.05, 3.63) is 42.5 Å². The highest BCUT2D eigenvalue weighted by atomic mass is 32.2. The fourth-order valence-electron chi connectivity index (χ4n) is 1.63. The van der Waals surface area contributed by atoms with E-state index in [0.717, 1.165) is 5.39 Å². The quantitative estimate of drug-likeness (QED) is 0.795. The van der Waals surface area contributed by atoms with Gasteiger partial charge in [-0.3, -0.25) is 0 Å². The smallest absolute Gasteiger partial charge is 0.192 e. The second kappa shape index (κ2) is 3.95. The van der Waals surface area contributed by atoms with Crippen molar-refractivity contribution in [1.82, 2.24) is 0 Å². The largest absolute Gasteiger partial charge is 0.223 e. The molecule has 4 heteroatoms. The Morgan fingerprint density at radius 3 is 2.50 bits per heavy atom. The summed E-state index contributed by atoms with van der Waals surface area (Å²) in [5.41, 5.74) is 0. The van der Waals surface area contributed by atoms with Crippen LogP contribution in [-0.2, 0) is 9.84 Å². The first kappa shape index (κ1) is 10.7. The number of hydrogen-bond donors (Lipinski definition) is 0. The highest BCUT2D eigenvalue weighted by molar-refractivity contribution is 7.91. The topological polar surface area (TPSA) is 57.9 Å². The zero-order valence-corrected chi connectivity index (χ0v) is 9.24. The molecule has 2 aromatic rings. The second-order valence-electron chi connectivity index (χ2n) is 3.39. The molecular formula is C12H9NO2S. The van der Waals surface area contributed by atoms with Crippen LogP contribution in [0.5, 0.6) is 0 Å². The zero-order chi connectivity index (χ0) is 11.6. The SMILES string of the molecule is N#CCS(=O)(=O)c1cccc2ccccc12. The van der Waals surface area contributed by atoms with Gasteiger partial charge in [0, 0.05) is 5.39 Å². The summed E-state index contributed by atoms with van der Waals surface area (Å²) in [6.45, 7) is 0. The van der Waals surface area contributed by atoms with Gasteiger partial charge < -0.3 is 0 Å². The molecule has 2 rings (SSSR count). The van der Waals surface area contributed by atoms with Crippen molar-refractivity contribution >= 4 is 20.6 Å². The van der Waals surface area contributed by atoms with Crippen molar-refractivity contribution in [2.75, 3.05) is 5.75 Å². The van der Waals surface area contributed by atoms with Crippen LogP contribution >= 0.6 is 0 Å². The van der Waals surface area contributed by atoms with Gasteiger partial charge >= 0.3 is 0 Å². The van der Waals surface area contributed by atoms with Crippen LogP contribution in [0.15, 0.2) is 47.4 Å². The lowest BCUT2D eigenvalue weighted by Crippen LogP contribution is -2.05. The monoisotopic (exact) mass is 231 g/mol. The molecule has 0 amide bonds. The maximum absolute atomic E-state index is 11.8. The lowest BCUT2D eigenvalue weighted by atomic mass is 10.1. The first-order valence-electron chi connectivity index (χ1n) is 4.72. The maximum atomic E-state index is 11.8. The van der Waals surface area contributed by atoms with E-state index in [4.69, 9.17) is 5.26 Å². The summed E-state index contributed by atoms with van der Waals surface area (Å²) in [5.74, 6) is -0.485. The van der Waals surface area contributed by atoms with Gasteiger partial charge in [-0.05, 0) is 11.5 Å². The Labute approximate surface area is 93.9 Å². The van der Waals surface area contributed by atoms with Crippen molar-refractivity contribution in [1.29, 1.82) is 5.26 Å². The molecule has 16 heavy (non-hydrogen) atoms. The molecule has 2 aromatic carbocycles. The molecule has 0 aliphatic rings. The molecule has 3 nitrogen and oxygen atoms in total. The molecule has 0 aliphatic carbocycles. The lowest BCUT2D eigenvalue weighted by Gasteiger charge is -2.04. The minimum atomic E-state index is -3.50. The van der Waals surface area contributed by atoms with Gasteiger partial charge in [0.05, 0.1) is 11.0 Å². The summed E-state index contributed by atoms with van der Waals surface area (Å²) in [5, 5.41) is 10.0. The van der Waals surface area contributed by atoms with E-state index >= 15 is 0 Å². The number of rotatable bonds is 2. The van der Waals surface area contributed by atoms with Crippen molar-refractivity contribution in [2.24, 2.45) is 0 Å². The number of hydrogen-bond acceptors (Lipinski definition) is 3. The van der Waals surface area contributed by atoms with E-state index in [1.165, 1.54) is 6.07 Å². The first-order valence-corrected chi connectivity index (χ1v) is 6.38. The van der Waals surface area contributed by atoms with E-state index in [1.807, 2.05) is 18.2 Å². The molecule has 0 fully saturated rings. The van der Waals surface area contributed by atoms with Gasteiger partial charge in [0.1, 0.15) is 5.75 Å². The van der Waals surface area contributed by atoms with E-state index in [-0.39, 0.29) is 4.90 Å². The van der Waals surface area contributed by atoms with Crippen LogP contribution in [0.25, 0.3) is 10.8 Å². The summed E-state index contributed by atoms with van der Waals surface area (Å²) >= 11 is 0. The third kappa shape index (κ3) is 1.77. The Morgan fingerprint density at radius 2 is 1.75 bits per heavy atom. The maximum Gasteiger partial charge on any atom is 0.192 e. The van der Waals surface area contributed by atoms with Gasteiger partial charge in [0.25, 0.3) is 0 Å². The molecule has 0 atom stereocenters. The zero-order valence-electron chi connectivity index (χ0n) is 8.42. The Hall–Kier alpha value is -1.86. The molecule has 0 bridgehead atoms. The molecule has 0 aromatic heterocycles. The normalized spacial score (nSPS) is 11.2. The first-order chi connectivity index (χ1) is 7.65. The van der Waals surface area contributed by atoms with Crippen molar-refractivity contribution in [3.8, 4) is 6.07 Å². The Morgan fingerprint density at radius 1 is 1.06 bits per heavy atom. The van der Waals surface area contributed by atoms with Crippen LogP contribution in [0.2, 0.25) is 0 Å². The summed E-state index contributed by atoms with van der Waals surface area (Å²) in [7, 11) is -3.50. The average molecular weight is 231 g/mol. The summed E-state index contributed by atoms with van der Waals surface area (Å²) < 4.78 is 23.6. The number of fused-ring (bicyclic) bond motifs is 1. The van der Waals surface area contributed by atoms with Crippen molar-refractivity contribution in [3.63, 3.8) is 0 Å². The van der Waals surface area contributed by atoms with Crippen LogP contribution in [0.3, 0.4) is 0 Å². The molecule has 0 saturated heterocycles. The highest BCUT2D eigenvalue weighted by Gasteiger charge is 2.16. The van der Waals surface area contributed by atoms with E-state index in [1.54, 1.807) is 24.3 Å². The van der Waals surface area contributed by atoms with Gasteiger partial charge in [-0.25, -0.2) is 8.42 Å². The van der Waals surface area contributed by atoms with Crippen molar-refractivity contribution in [2.45, 2.75) is 4.90 Å². The van der Waals surface area contributed by atoms with Gasteiger partial charge in [-0.1, -0.05) is 36.4 Å². The highest BCUT2D eigenvalue weighted by Crippen LogP contribution is 2.23. The molecule has 0 unspecified atom stereocenters. The van der Waals surface area contributed by atoms with Gasteiger partial charge in [-0.2, -0.15) is 5.26 Å². The molecular weight excluding hydrogens is 222 g/mol. The standard InChI is InChI=1S/C12H9NO2S/c13-8-9-16(14,15)12-7-3-5-10-4-1-2-6-11(10)12/h1-7H,9H2. The average Bonchev–Trinajstić information content (AvgIpc) is 2.28. The summed E-state index contributed by atoms with van der Waals surface area (Å²) in [6, 6.07) is 14.0. The fraction of sp³-hybridized carbons (Fsp3) is 0.0833. The second-order valence-corrected chi connectivity index (χ2v) is 5.35. The molecule has 0 aliphatic heterocycles. The molecule has 0 N–H and O–H groups in total. The van der Waals surface area contributed by atoms with E-state index in [2.05, 4.69) is 0 Å². The van der Waals surface area contributed by atoms with Gasteiger partial charge in [0.15, 0.2) is 9.84 Å². The molecule has 0 spiro atoms. The molecule has 0 radical (unpaired) electrons. The summed E-state index contributed by atoms with van der Waals surface area (Å²) in [4.78, 5) is 0.229. The Bertz CT molecular complexity index is 663. The van der Waals surface area contributed by atoms with Crippen LogP contribution in [-0.4, -0.2) is 14.2 Å². The lowest BCUT2D eigenvalue weighted by molar-refractivity contribution is 0.600. The third-order valence-electron chi connectivity index (χ3n) is 2.34. The Kier molecular flexibility index (Phi) is 2.63. The predicted octanol–water partition coefficient (Wildman–Crippen LogP) is 2.14. The van der Waals surface area contributed by atoms with Crippen LogP contribution in [0, 0.1) is 11.3 Å². The number of nitriles is 1. The number of nitrogens with zero attached hydrogens (tertiary/aromatic N) is 1. The molecule has 0 heterocycles. The molecule has 0 saturated carbocycles. The fourth-order valence-corrected chi connectivity index (χ4v) is 2.76. The summed E-state index contributed by atoms with van der Waals surface area (Å²) in [6.07, 6.45) is 0. The Balaban J connectivity index is 2.76. The minimum absolute atomic E-state index is 0.229. The molecule has 80 valence electrons. The van der Waals surface area contributed by atoms with Gasteiger partial charge in [-0.15, -0.1) is 0 Å². The van der Waals surface area contributed by atoms with E-state index in [0.29, 0.717) is 5.39 Å². The minimum Gasteiger partial charge on any atom is -0.223 e.